The van der Waals surface area contributed by atoms with Crippen LogP contribution >= 0.6 is 0 Å². The van der Waals surface area contributed by atoms with E-state index in [9.17, 15) is 18.3 Å². The normalized spacial score (nSPS) is 15.6. The van der Waals surface area contributed by atoms with Crippen molar-refractivity contribution in [1.29, 1.82) is 0 Å². The number of benzene rings is 2. The fraction of sp³-hybridized carbons (Fsp3) is 0.394. The summed E-state index contributed by atoms with van der Waals surface area (Å²) in [6.07, 6.45) is 5.00. The van der Waals surface area contributed by atoms with Crippen molar-refractivity contribution >= 4 is 27.9 Å². The molecule has 0 spiro atoms. The smallest absolute Gasteiger partial charge is 0.318 e. The van der Waals surface area contributed by atoms with E-state index in [0.29, 0.717) is 50.3 Å². The number of fused-ring (bicyclic) bond motifs is 1. The highest BCUT2D eigenvalue weighted by Crippen LogP contribution is 2.26. The Labute approximate surface area is 270 Å². The number of aromatic amines is 1. The summed E-state index contributed by atoms with van der Waals surface area (Å²) >= 11 is 0. The topological polar surface area (TPSA) is 173 Å². The van der Waals surface area contributed by atoms with Crippen LogP contribution in [0, 0.1) is 0 Å². The summed E-state index contributed by atoms with van der Waals surface area (Å²) < 4.78 is 28.2. The lowest BCUT2D eigenvalue weighted by Crippen LogP contribution is -2.48. The molecule has 3 aromatic rings. The zero-order valence-electron chi connectivity index (χ0n) is 26.1. The van der Waals surface area contributed by atoms with Gasteiger partial charge in [0.05, 0.1) is 4.90 Å². The molecule has 12 nitrogen and oxygen atoms in total. The number of hydrogen-bond donors (Lipinski definition) is 5. The predicted molar refractivity (Wildman–Crippen MR) is 180 cm³/mol. The van der Waals surface area contributed by atoms with Gasteiger partial charge in [-0.25, -0.2) is 13.4 Å². The molecule has 2 aliphatic heterocycles. The van der Waals surface area contributed by atoms with Gasteiger partial charge in [-0.3, -0.25) is 9.69 Å². The maximum absolute atomic E-state index is 13.5. The first kappa shape index (κ1) is 33.5. The number of hydrogen-bond acceptors (Lipinski definition) is 9. The lowest BCUT2D eigenvalue weighted by atomic mass is 10.1. The Morgan fingerprint density at radius 2 is 1.67 bits per heavy atom. The molecule has 1 fully saturated rings. The van der Waals surface area contributed by atoms with Gasteiger partial charge >= 0.3 is 5.97 Å². The van der Waals surface area contributed by atoms with Crippen LogP contribution in [0.2, 0.25) is 0 Å². The summed E-state index contributed by atoms with van der Waals surface area (Å²) in [5.74, 6) is -0.607. The molecule has 0 unspecified atom stereocenters. The number of sulfonamides is 1. The maximum Gasteiger partial charge on any atom is 0.318 e. The molecule has 0 amide bonds. The first-order valence-corrected chi connectivity index (χ1v) is 17.2. The number of aliphatic carboxylic acids is 1. The lowest BCUT2D eigenvalue weighted by molar-refractivity contribution is -0.137. The maximum atomic E-state index is 13.5. The molecule has 1 saturated heterocycles. The minimum absolute atomic E-state index is 0.0634. The van der Waals surface area contributed by atoms with E-state index in [1.807, 2.05) is 17.2 Å². The van der Waals surface area contributed by atoms with Gasteiger partial charge in [0.15, 0.2) is 0 Å². The Balaban J connectivity index is 1.33. The number of H-pyrrole nitrogens is 1. The highest BCUT2D eigenvalue weighted by molar-refractivity contribution is 7.89. The van der Waals surface area contributed by atoms with Gasteiger partial charge in [-0.1, -0.05) is 30.8 Å². The lowest BCUT2D eigenvalue weighted by Gasteiger charge is -2.32. The van der Waals surface area contributed by atoms with Crippen LogP contribution in [0.5, 0.6) is 0 Å². The number of nitrogens with two attached hydrogens (primary N) is 2. The van der Waals surface area contributed by atoms with E-state index in [4.69, 9.17) is 16.5 Å². The molecule has 0 aliphatic carbocycles. The number of rotatable bonds is 15. The average Bonchev–Trinajstić information content (AvgIpc) is 3.48. The fourth-order valence-electron chi connectivity index (χ4n) is 5.93. The van der Waals surface area contributed by atoms with E-state index in [1.165, 1.54) is 17.7 Å². The second kappa shape index (κ2) is 15.2. The Hall–Kier alpha value is -3.85. The summed E-state index contributed by atoms with van der Waals surface area (Å²) in [7, 11) is -4.00. The Morgan fingerprint density at radius 1 is 1.02 bits per heavy atom. The number of carboxylic acids is 1. The van der Waals surface area contributed by atoms with Gasteiger partial charge in [0.25, 0.3) is 0 Å². The number of carboxylic acid groups (broad SMARTS) is 1. The molecule has 1 aromatic heterocycles. The summed E-state index contributed by atoms with van der Waals surface area (Å²) in [4.78, 5) is 24.0. The van der Waals surface area contributed by atoms with Crippen LogP contribution in [0.1, 0.15) is 31.2 Å². The SMILES string of the molecule is C=C1N=c2[nH]c(-c3ccc(S(=O)(=O)N(CC(=O)O)C4CCNCC4)cc3)cc2=CN1c1ccc(CN(CCCN)CCCN)cc1. The zero-order valence-corrected chi connectivity index (χ0v) is 26.9. The van der Waals surface area contributed by atoms with Crippen LogP contribution in [0.3, 0.4) is 0 Å². The van der Waals surface area contributed by atoms with Gasteiger partial charge in [-0.15, -0.1) is 0 Å². The third-order valence-corrected chi connectivity index (χ3v) is 10.3. The summed E-state index contributed by atoms with van der Waals surface area (Å²) in [5, 5.41) is 13.5. The molecule has 7 N–H and O–H groups in total. The number of aromatic nitrogens is 1. The van der Waals surface area contributed by atoms with Crippen molar-refractivity contribution in [1.82, 2.24) is 19.5 Å². The minimum Gasteiger partial charge on any atom is -0.480 e. The second-order valence-electron chi connectivity index (χ2n) is 11.7. The van der Waals surface area contributed by atoms with Crippen molar-refractivity contribution in [2.75, 3.05) is 50.7 Å². The van der Waals surface area contributed by atoms with E-state index in [2.05, 4.69) is 46.0 Å². The minimum atomic E-state index is -4.00. The first-order valence-electron chi connectivity index (χ1n) is 15.7. The number of nitrogens with zero attached hydrogens (tertiary/aromatic N) is 4. The van der Waals surface area contributed by atoms with Gasteiger partial charge in [-0.05, 0) is 106 Å². The van der Waals surface area contributed by atoms with E-state index in [-0.39, 0.29) is 10.9 Å². The second-order valence-corrected chi connectivity index (χ2v) is 13.6. The average molecular weight is 649 g/mol. The Morgan fingerprint density at radius 3 is 2.28 bits per heavy atom. The van der Waals surface area contributed by atoms with E-state index in [1.54, 1.807) is 12.1 Å². The van der Waals surface area contributed by atoms with Gasteiger partial charge in [0.2, 0.25) is 10.0 Å². The molecule has 2 aliphatic rings. The molecule has 3 heterocycles. The van der Waals surface area contributed by atoms with Crippen molar-refractivity contribution in [2.24, 2.45) is 16.5 Å². The number of anilines is 1. The summed E-state index contributed by atoms with van der Waals surface area (Å²) in [6.45, 7) is 8.92. The number of piperidine rings is 1. The van der Waals surface area contributed by atoms with Crippen molar-refractivity contribution in [2.45, 2.75) is 43.2 Å². The van der Waals surface area contributed by atoms with Gasteiger partial charge in [0, 0.05) is 35.4 Å². The third-order valence-electron chi connectivity index (χ3n) is 8.37. The van der Waals surface area contributed by atoms with Crippen LogP contribution in [-0.2, 0) is 21.4 Å². The Kier molecular flexibility index (Phi) is 11.0. The largest absolute Gasteiger partial charge is 0.480 e. The quantitative estimate of drug-likeness (QED) is 0.163. The van der Waals surface area contributed by atoms with Crippen LogP contribution in [-0.4, -0.2) is 85.5 Å². The molecule has 0 radical (unpaired) electrons. The number of carbonyl (C=O) groups is 1. The molecular formula is C33H44N8O4S. The van der Waals surface area contributed by atoms with Crippen LogP contribution in [0.15, 0.2) is 76.9 Å². The van der Waals surface area contributed by atoms with Gasteiger partial charge in [-0.2, -0.15) is 4.31 Å². The standard InChI is InChI=1S/C33H44N8O4S/c1-24-37-33-27(22-40(24)28-8-4-25(5-9-28)21-39(18-2-14-34)19-3-15-35)20-31(38-33)26-6-10-30(11-7-26)46(44,45)41(23-32(42)43)29-12-16-36-17-13-29/h4-11,20,22,29,36H,1-3,12-19,21,23,34-35H2,(H,37,38)(H,42,43). The van der Waals surface area contributed by atoms with Crippen LogP contribution < -0.4 is 32.4 Å². The van der Waals surface area contributed by atoms with Crippen molar-refractivity contribution < 1.29 is 18.3 Å². The van der Waals surface area contributed by atoms with Crippen molar-refractivity contribution in [3.8, 4) is 11.3 Å². The van der Waals surface area contributed by atoms with E-state index in [0.717, 1.165) is 58.9 Å². The van der Waals surface area contributed by atoms with Crippen LogP contribution in [0.25, 0.3) is 17.5 Å². The highest BCUT2D eigenvalue weighted by Gasteiger charge is 2.34. The molecule has 246 valence electrons. The molecule has 2 aromatic carbocycles. The molecule has 5 rings (SSSR count). The molecular weight excluding hydrogens is 604 g/mol. The predicted octanol–water partition coefficient (Wildman–Crippen LogP) is 1.36. The van der Waals surface area contributed by atoms with E-state index < -0.39 is 22.5 Å². The molecule has 46 heavy (non-hydrogen) atoms. The zero-order chi connectivity index (χ0) is 32.7. The monoisotopic (exact) mass is 648 g/mol. The third kappa shape index (κ3) is 7.92. The van der Waals surface area contributed by atoms with Crippen molar-refractivity contribution in [3.63, 3.8) is 0 Å². The molecule has 13 heteroatoms. The summed E-state index contributed by atoms with van der Waals surface area (Å²) in [5.41, 5.74) is 15.8. The van der Waals surface area contributed by atoms with Gasteiger partial charge in [0.1, 0.15) is 17.9 Å². The molecule has 0 atom stereocenters. The molecule has 0 bridgehead atoms. The highest BCUT2D eigenvalue weighted by atomic mass is 32.2. The number of nitrogens with one attached hydrogen (secondary N) is 2. The Bertz CT molecular complexity index is 1730. The molecule has 0 saturated carbocycles. The van der Waals surface area contributed by atoms with E-state index >= 15 is 0 Å². The van der Waals surface area contributed by atoms with Crippen molar-refractivity contribution in [3.05, 3.63) is 83.3 Å². The first-order chi connectivity index (χ1) is 22.2. The van der Waals surface area contributed by atoms with Crippen LogP contribution in [0.4, 0.5) is 5.69 Å². The fourth-order valence-corrected chi connectivity index (χ4v) is 7.56. The summed E-state index contributed by atoms with van der Waals surface area (Å²) in [6, 6.07) is 16.5. The van der Waals surface area contributed by atoms with Gasteiger partial charge < -0.3 is 31.8 Å².